The molecule has 67 heavy (non-hydrogen) atoms. The summed E-state index contributed by atoms with van der Waals surface area (Å²) in [7, 11) is 0. The number of carbonyl (C=O) groups is 1. The number of carbonyl (C=O) groups excluding carboxylic acids is 1. The van der Waals surface area contributed by atoms with Crippen LogP contribution in [0.4, 0.5) is 0 Å². The normalized spacial score (nSPS) is 26.6. The van der Waals surface area contributed by atoms with Crippen molar-refractivity contribution in [3.05, 3.63) is 60.8 Å². The number of hydrogen-bond donors (Lipinski definition) is 7. The maximum Gasteiger partial charge on any atom is 0.306 e. The first-order valence-electron chi connectivity index (χ1n) is 25.9. The summed E-state index contributed by atoms with van der Waals surface area (Å²) in [6.45, 7) is 3.50. The molecular weight excluding hydrogens is 861 g/mol. The largest absolute Gasteiger partial charge is 0.457 e. The third kappa shape index (κ3) is 28.2. The minimum atomic E-state index is -1.71. The number of esters is 1. The number of ether oxygens (including phenoxy) is 6. The molecule has 0 radical (unpaired) electrons. The Hall–Kier alpha value is -2.31. The van der Waals surface area contributed by atoms with Gasteiger partial charge in [-0.3, -0.25) is 4.79 Å². The lowest BCUT2D eigenvalue weighted by Gasteiger charge is -2.42. The highest BCUT2D eigenvalue weighted by atomic mass is 16.7. The molecule has 7 N–H and O–H groups in total. The first-order chi connectivity index (χ1) is 32.6. The van der Waals surface area contributed by atoms with Gasteiger partial charge in [0.2, 0.25) is 0 Å². The summed E-state index contributed by atoms with van der Waals surface area (Å²) in [6, 6.07) is 0. The average molecular weight is 953 g/mol. The standard InChI is InChI=1S/C53H92O14/c1-3-5-7-9-11-13-15-17-18-19-20-21-22-23-24-25-26-28-30-32-34-36-45(55)65-42(39-62-37-35-33-31-29-27-16-14-12-10-8-6-4-2)40-63-52-51(61)49(59)47(57)44(67-52)41-64-53-50(60)48(58)46(56)43(38-54)66-53/h5,7,10-13,17-18,20-21,42-44,46-54,56-61H,3-4,6,8-9,14-16,19,22-41H2,1-2H3/b7-5-,12-10-,13-11-,18-17-,21-20-. The van der Waals surface area contributed by atoms with Gasteiger partial charge in [-0.2, -0.15) is 0 Å². The summed E-state index contributed by atoms with van der Waals surface area (Å²) in [4.78, 5) is 13.0. The summed E-state index contributed by atoms with van der Waals surface area (Å²) in [5.41, 5.74) is 0. The molecule has 388 valence electrons. The molecule has 0 aromatic carbocycles. The van der Waals surface area contributed by atoms with Crippen LogP contribution >= 0.6 is 0 Å². The van der Waals surface area contributed by atoms with Crippen molar-refractivity contribution < 1.29 is 69.0 Å². The van der Waals surface area contributed by atoms with Gasteiger partial charge in [-0.15, -0.1) is 0 Å². The Morgan fingerprint density at radius 1 is 0.507 bits per heavy atom. The molecule has 0 aromatic rings. The topological polar surface area (TPSA) is 214 Å². The summed E-state index contributed by atoms with van der Waals surface area (Å²) in [5.74, 6) is -0.389. The fraction of sp³-hybridized carbons (Fsp3) is 0.792. The molecule has 2 saturated heterocycles. The van der Waals surface area contributed by atoms with E-state index in [1.807, 2.05) is 0 Å². The molecule has 0 amide bonds. The monoisotopic (exact) mass is 953 g/mol. The van der Waals surface area contributed by atoms with E-state index in [0.717, 1.165) is 83.5 Å². The Bertz CT molecular complexity index is 1340. The zero-order valence-corrected chi connectivity index (χ0v) is 41.1. The van der Waals surface area contributed by atoms with Gasteiger partial charge in [0, 0.05) is 13.0 Å². The van der Waals surface area contributed by atoms with E-state index in [9.17, 15) is 40.5 Å². The van der Waals surface area contributed by atoms with E-state index in [0.29, 0.717) is 13.0 Å². The number of aliphatic hydroxyl groups is 7. The maximum atomic E-state index is 13.0. The molecule has 0 aliphatic carbocycles. The van der Waals surface area contributed by atoms with Crippen LogP contribution in [-0.4, -0.2) is 142 Å². The van der Waals surface area contributed by atoms with Gasteiger partial charge in [0.1, 0.15) is 54.9 Å². The molecular formula is C53H92O14. The second-order valence-corrected chi connectivity index (χ2v) is 18.0. The molecule has 11 atom stereocenters. The van der Waals surface area contributed by atoms with E-state index < -0.39 is 80.7 Å². The molecule has 0 aromatic heterocycles. The van der Waals surface area contributed by atoms with Gasteiger partial charge >= 0.3 is 5.97 Å². The average Bonchev–Trinajstić information content (AvgIpc) is 3.32. The van der Waals surface area contributed by atoms with Crippen LogP contribution in [-0.2, 0) is 33.2 Å². The molecule has 14 heteroatoms. The fourth-order valence-corrected chi connectivity index (χ4v) is 7.79. The number of allylic oxidation sites excluding steroid dienone is 10. The van der Waals surface area contributed by atoms with Gasteiger partial charge in [0.25, 0.3) is 0 Å². The van der Waals surface area contributed by atoms with Crippen LogP contribution < -0.4 is 0 Å². The van der Waals surface area contributed by atoms with E-state index in [2.05, 4.69) is 74.6 Å². The quantitative estimate of drug-likeness (QED) is 0.0178. The van der Waals surface area contributed by atoms with Crippen molar-refractivity contribution in [1.29, 1.82) is 0 Å². The lowest BCUT2D eigenvalue weighted by Crippen LogP contribution is -2.61. The van der Waals surface area contributed by atoms with Gasteiger partial charge in [-0.1, -0.05) is 152 Å². The van der Waals surface area contributed by atoms with Gasteiger partial charge < -0.3 is 64.2 Å². The smallest absolute Gasteiger partial charge is 0.306 e. The second-order valence-electron chi connectivity index (χ2n) is 18.0. The molecule has 2 aliphatic heterocycles. The Morgan fingerprint density at radius 2 is 0.970 bits per heavy atom. The van der Waals surface area contributed by atoms with E-state index in [1.165, 1.54) is 57.8 Å². The predicted octanol–water partition coefficient (Wildman–Crippen LogP) is 7.74. The van der Waals surface area contributed by atoms with Crippen molar-refractivity contribution >= 4 is 5.97 Å². The lowest BCUT2D eigenvalue weighted by atomic mass is 9.98. The van der Waals surface area contributed by atoms with Crippen LogP contribution in [0.3, 0.4) is 0 Å². The summed E-state index contributed by atoms with van der Waals surface area (Å²) in [5, 5.41) is 72.1. The minimum absolute atomic E-state index is 0.0516. The van der Waals surface area contributed by atoms with Crippen LogP contribution in [0.5, 0.6) is 0 Å². The van der Waals surface area contributed by atoms with Crippen molar-refractivity contribution in [3.63, 3.8) is 0 Å². The molecule has 2 aliphatic rings. The third-order valence-electron chi connectivity index (χ3n) is 12.0. The Labute approximate surface area is 403 Å². The van der Waals surface area contributed by atoms with Gasteiger partial charge in [-0.05, 0) is 70.6 Å². The zero-order valence-electron chi connectivity index (χ0n) is 41.1. The second kappa shape index (κ2) is 40.4. The molecule has 2 heterocycles. The van der Waals surface area contributed by atoms with Crippen LogP contribution in [0.15, 0.2) is 60.8 Å². The molecule has 11 unspecified atom stereocenters. The molecule has 2 fully saturated rings. The summed E-state index contributed by atoms with van der Waals surface area (Å²) >= 11 is 0. The summed E-state index contributed by atoms with van der Waals surface area (Å²) in [6.07, 6.45) is 31.4. The highest BCUT2D eigenvalue weighted by molar-refractivity contribution is 5.69. The molecule has 2 rings (SSSR count). The molecule has 0 bridgehead atoms. The highest BCUT2D eigenvalue weighted by Crippen LogP contribution is 2.26. The van der Waals surface area contributed by atoms with E-state index in [-0.39, 0.29) is 25.6 Å². The Kier molecular flexibility index (Phi) is 36.7. The van der Waals surface area contributed by atoms with E-state index >= 15 is 0 Å². The highest BCUT2D eigenvalue weighted by Gasteiger charge is 2.47. The molecule has 14 nitrogen and oxygen atoms in total. The molecule has 0 spiro atoms. The zero-order chi connectivity index (χ0) is 48.7. The van der Waals surface area contributed by atoms with Gasteiger partial charge in [-0.25, -0.2) is 0 Å². The number of hydrogen-bond acceptors (Lipinski definition) is 14. The number of aliphatic hydroxyl groups excluding tert-OH is 7. The lowest BCUT2D eigenvalue weighted by molar-refractivity contribution is -0.332. The van der Waals surface area contributed by atoms with E-state index in [4.69, 9.17) is 28.4 Å². The number of unbranched alkanes of at least 4 members (excludes halogenated alkanes) is 16. The first kappa shape index (κ1) is 60.8. The van der Waals surface area contributed by atoms with Crippen LogP contribution in [0.25, 0.3) is 0 Å². The Balaban J connectivity index is 1.75. The van der Waals surface area contributed by atoms with Crippen molar-refractivity contribution in [2.24, 2.45) is 0 Å². The van der Waals surface area contributed by atoms with Crippen LogP contribution in [0.2, 0.25) is 0 Å². The van der Waals surface area contributed by atoms with Crippen LogP contribution in [0.1, 0.15) is 168 Å². The SMILES string of the molecule is CC/C=C\C/C=C\C/C=C\C/C=C\CCCCCCCCCCC(=O)OC(COCCCCCCCC/C=C\CCCC)COC1OC(COC2OC(CO)C(O)C(O)C2O)C(O)C(O)C1O. The maximum absolute atomic E-state index is 13.0. The van der Waals surface area contributed by atoms with Crippen molar-refractivity contribution in [2.75, 3.05) is 33.0 Å². The predicted molar refractivity (Wildman–Crippen MR) is 261 cm³/mol. The first-order valence-corrected chi connectivity index (χ1v) is 25.9. The van der Waals surface area contributed by atoms with Crippen LogP contribution in [0, 0.1) is 0 Å². The fourth-order valence-electron chi connectivity index (χ4n) is 7.79. The summed E-state index contributed by atoms with van der Waals surface area (Å²) < 4.78 is 34.2. The Morgan fingerprint density at radius 3 is 1.54 bits per heavy atom. The third-order valence-corrected chi connectivity index (χ3v) is 12.0. The van der Waals surface area contributed by atoms with Crippen molar-refractivity contribution in [1.82, 2.24) is 0 Å². The van der Waals surface area contributed by atoms with Gasteiger partial charge in [0.15, 0.2) is 12.6 Å². The van der Waals surface area contributed by atoms with Crippen molar-refractivity contribution in [2.45, 2.75) is 235 Å². The minimum Gasteiger partial charge on any atom is -0.457 e. The van der Waals surface area contributed by atoms with Crippen molar-refractivity contribution in [3.8, 4) is 0 Å². The van der Waals surface area contributed by atoms with E-state index in [1.54, 1.807) is 0 Å². The molecule has 0 saturated carbocycles. The number of rotatable bonds is 40. The van der Waals surface area contributed by atoms with Gasteiger partial charge in [0.05, 0.1) is 26.4 Å².